The molecule has 0 N–H and O–H groups in total. The standard InChI is InChI=1S/C10H18O4.FH/c11-9(12)7-5-3-1-2-4-6-8-10(13)14;/h1-8H2,(H,11,12)(H,13,14);1H/p-3. The summed E-state index contributed by atoms with van der Waals surface area (Å²) in [4.78, 5) is 20.1. The SMILES string of the molecule is O=C([O-])CCCCCCCCC(=O)[O-].[F-]. The Morgan fingerprint density at radius 3 is 1.20 bits per heavy atom. The summed E-state index contributed by atoms with van der Waals surface area (Å²) < 4.78 is 0. The van der Waals surface area contributed by atoms with E-state index in [4.69, 9.17) is 0 Å². The Labute approximate surface area is 88.7 Å². The molecular weight excluding hydrogens is 203 g/mol. The quantitative estimate of drug-likeness (QED) is 0.379. The number of hydrogen-bond donors (Lipinski definition) is 0. The van der Waals surface area contributed by atoms with Crippen molar-refractivity contribution in [2.45, 2.75) is 51.4 Å². The van der Waals surface area contributed by atoms with Gasteiger partial charge in [-0.3, -0.25) is 0 Å². The van der Waals surface area contributed by atoms with Gasteiger partial charge in [0.15, 0.2) is 0 Å². The molecule has 0 fully saturated rings. The first-order valence-corrected chi connectivity index (χ1v) is 5.02. The van der Waals surface area contributed by atoms with E-state index < -0.39 is 11.9 Å². The Morgan fingerprint density at radius 2 is 0.933 bits per heavy atom. The third-order valence-corrected chi connectivity index (χ3v) is 2.01. The first kappa shape index (κ1) is 16.3. The summed E-state index contributed by atoms with van der Waals surface area (Å²) in [5.41, 5.74) is 0. The zero-order chi connectivity index (χ0) is 10.8. The number of hydrogen-bond acceptors (Lipinski definition) is 4. The fraction of sp³-hybridized carbons (Fsp3) is 0.800. The van der Waals surface area contributed by atoms with Gasteiger partial charge in [0.2, 0.25) is 0 Å². The van der Waals surface area contributed by atoms with E-state index in [-0.39, 0.29) is 17.5 Å². The molecule has 0 heterocycles. The van der Waals surface area contributed by atoms with Crippen LogP contribution in [0.15, 0.2) is 0 Å². The van der Waals surface area contributed by atoms with Crippen LogP contribution in [-0.4, -0.2) is 11.9 Å². The smallest absolute Gasteiger partial charge is 0.0414 e. The number of carboxylic acids is 2. The van der Waals surface area contributed by atoms with Crippen LogP contribution in [0.5, 0.6) is 0 Å². The van der Waals surface area contributed by atoms with Gasteiger partial charge in [0.25, 0.3) is 0 Å². The number of rotatable bonds is 9. The Kier molecular flexibility index (Phi) is 11.9. The maximum absolute atomic E-state index is 10.0. The molecule has 0 spiro atoms. The maximum atomic E-state index is 10.0. The summed E-state index contributed by atoms with van der Waals surface area (Å²) in [6.45, 7) is 0. The van der Waals surface area contributed by atoms with Gasteiger partial charge in [0.05, 0.1) is 0 Å². The Balaban J connectivity index is 0. The Bertz CT molecular complexity index is 162. The highest BCUT2D eigenvalue weighted by Crippen LogP contribution is 2.07. The molecule has 15 heavy (non-hydrogen) atoms. The number of carboxylic acid groups (broad SMARTS) is 2. The normalized spacial score (nSPS) is 9.33. The maximum Gasteiger partial charge on any atom is 0.0414 e. The second-order valence-electron chi connectivity index (χ2n) is 3.37. The number of carbonyl (C=O) groups is 2. The molecule has 0 aromatic rings. The highest BCUT2D eigenvalue weighted by molar-refractivity contribution is 5.64. The molecule has 0 unspecified atom stereocenters. The second-order valence-corrected chi connectivity index (χ2v) is 3.37. The van der Waals surface area contributed by atoms with Crippen LogP contribution in [0.4, 0.5) is 0 Å². The van der Waals surface area contributed by atoms with Crippen molar-refractivity contribution in [2.75, 3.05) is 0 Å². The summed E-state index contributed by atoms with van der Waals surface area (Å²) in [6.07, 6.45) is 5.23. The second kappa shape index (κ2) is 10.9. The van der Waals surface area contributed by atoms with Crippen molar-refractivity contribution in [3.63, 3.8) is 0 Å². The van der Waals surface area contributed by atoms with Crippen LogP contribution in [0.25, 0.3) is 0 Å². The molecule has 0 aromatic heterocycles. The molecular formula is C10H16FO4-3. The zero-order valence-corrected chi connectivity index (χ0v) is 8.67. The van der Waals surface area contributed by atoms with Gasteiger partial charge < -0.3 is 24.5 Å². The number of unbranched alkanes of at least 4 members (excludes halogenated alkanes) is 5. The van der Waals surface area contributed by atoms with E-state index in [1.54, 1.807) is 0 Å². The van der Waals surface area contributed by atoms with Gasteiger partial charge in [-0.2, -0.15) is 0 Å². The fourth-order valence-electron chi connectivity index (χ4n) is 1.25. The van der Waals surface area contributed by atoms with Crippen molar-refractivity contribution in [1.29, 1.82) is 0 Å². The molecule has 0 aliphatic rings. The van der Waals surface area contributed by atoms with Crippen molar-refractivity contribution >= 4 is 11.9 Å². The first-order chi connectivity index (χ1) is 6.63. The van der Waals surface area contributed by atoms with Gasteiger partial charge in [-0.1, -0.05) is 25.7 Å². The average molecular weight is 219 g/mol. The van der Waals surface area contributed by atoms with Gasteiger partial charge in [-0.15, -0.1) is 0 Å². The molecule has 90 valence electrons. The van der Waals surface area contributed by atoms with Crippen LogP contribution in [0.1, 0.15) is 51.4 Å². The van der Waals surface area contributed by atoms with E-state index in [1.165, 1.54) is 0 Å². The van der Waals surface area contributed by atoms with Crippen molar-refractivity contribution in [3.8, 4) is 0 Å². The lowest BCUT2D eigenvalue weighted by Gasteiger charge is -2.03. The lowest BCUT2D eigenvalue weighted by Crippen LogP contribution is -3.00. The van der Waals surface area contributed by atoms with Gasteiger partial charge in [-0.25, -0.2) is 0 Å². The van der Waals surface area contributed by atoms with Crippen LogP contribution in [-0.2, 0) is 9.59 Å². The van der Waals surface area contributed by atoms with E-state index in [0.717, 1.165) is 25.7 Å². The van der Waals surface area contributed by atoms with E-state index in [0.29, 0.717) is 12.8 Å². The average Bonchev–Trinajstić information content (AvgIpc) is 2.08. The van der Waals surface area contributed by atoms with Crippen LogP contribution < -0.4 is 14.9 Å². The molecule has 0 bridgehead atoms. The van der Waals surface area contributed by atoms with Crippen LogP contribution in [0.3, 0.4) is 0 Å². The molecule has 0 aromatic carbocycles. The molecule has 0 aliphatic heterocycles. The minimum Gasteiger partial charge on any atom is -1.00 e. The zero-order valence-electron chi connectivity index (χ0n) is 8.67. The largest absolute Gasteiger partial charge is 1.00 e. The third kappa shape index (κ3) is 15.6. The van der Waals surface area contributed by atoms with Crippen molar-refractivity contribution in [3.05, 3.63) is 0 Å². The van der Waals surface area contributed by atoms with Crippen LogP contribution in [0.2, 0.25) is 0 Å². The number of carbonyl (C=O) groups excluding carboxylic acids is 2. The van der Waals surface area contributed by atoms with E-state index in [9.17, 15) is 19.8 Å². The third-order valence-electron chi connectivity index (χ3n) is 2.01. The predicted molar refractivity (Wildman–Crippen MR) is 47.0 cm³/mol. The molecule has 0 saturated heterocycles. The first-order valence-electron chi connectivity index (χ1n) is 5.02. The molecule has 5 heteroatoms. The highest BCUT2D eigenvalue weighted by Gasteiger charge is 1.92. The fourth-order valence-corrected chi connectivity index (χ4v) is 1.25. The monoisotopic (exact) mass is 219 g/mol. The van der Waals surface area contributed by atoms with Gasteiger partial charge >= 0.3 is 0 Å². The summed E-state index contributed by atoms with van der Waals surface area (Å²) in [7, 11) is 0. The van der Waals surface area contributed by atoms with Gasteiger partial charge in [0, 0.05) is 11.9 Å². The molecule has 0 saturated carbocycles. The number of halogens is 1. The van der Waals surface area contributed by atoms with Crippen LogP contribution >= 0.6 is 0 Å². The van der Waals surface area contributed by atoms with E-state index in [2.05, 4.69) is 0 Å². The van der Waals surface area contributed by atoms with Gasteiger partial charge in [0.1, 0.15) is 0 Å². The lowest BCUT2D eigenvalue weighted by atomic mass is 10.1. The van der Waals surface area contributed by atoms with E-state index in [1.807, 2.05) is 0 Å². The summed E-state index contributed by atoms with van der Waals surface area (Å²) >= 11 is 0. The minimum atomic E-state index is -0.998. The van der Waals surface area contributed by atoms with Gasteiger partial charge in [-0.05, 0) is 25.7 Å². The molecule has 0 radical (unpaired) electrons. The van der Waals surface area contributed by atoms with Crippen molar-refractivity contribution in [1.82, 2.24) is 0 Å². The molecule has 0 amide bonds. The molecule has 0 rings (SSSR count). The molecule has 0 atom stereocenters. The summed E-state index contributed by atoms with van der Waals surface area (Å²) in [5.74, 6) is -2.00. The van der Waals surface area contributed by atoms with E-state index >= 15 is 0 Å². The molecule has 0 aliphatic carbocycles. The van der Waals surface area contributed by atoms with Crippen molar-refractivity contribution in [2.24, 2.45) is 0 Å². The topological polar surface area (TPSA) is 80.3 Å². The minimum absolute atomic E-state index is 0. The molecule has 4 nitrogen and oxygen atoms in total. The highest BCUT2D eigenvalue weighted by atomic mass is 19.0. The predicted octanol–water partition coefficient (Wildman–Crippen LogP) is -3.39. The summed E-state index contributed by atoms with van der Waals surface area (Å²) in [6, 6.07) is 0. The lowest BCUT2D eigenvalue weighted by molar-refractivity contribution is -0.307. The summed E-state index contributed by atoms with van der Waals surface area (Å²) in [5, 5.41) is 20.1. The Morgan fingerprint density at radius 1 is 0.667 bits per heavy atom. The number of aliphatic carboxylic acids is 2. The van der Waals surface area contributed by atoms with Crippen LogP contribution in [0, 0.1) is 0 Å². The Hall–Kier alpha value is -1.13. The van der Waals surface area contributed by atoms with Crippen molar-refractivity contribution < 1.29 is 24.5 Å².